The molecule has 0 radical (unpaired) electrons. The molecule has 17 heavy (non-hydrogen) atoms. The van der Waals surface area contributed by atoms with Crippen LogP contribution < -0.4 is 5.73 Å². The highest BCUT2D eigenvalue weighted by Gasteiger charge is 2.57. The van der Waals surface area contributed by atoms with Crippen LogP contribution in [0.4, 0.5) is 0 Å². The van der Waals surface area contributed by atoms with E-state index in [1.165, 1.54) is 11.1 Å². The normalized spacial score (nSPS) is 26.1. The monoisotopic (exact) mass is 226 g/mol. The lowest BCUT2D eigenvalue weighted by Crippen LogP contribution is -2.05. The zero-order chi connectivity index (χ0) is 12.0. The summed E-state index contributed by atoms with van der Waals surface area (Å²) in [7, 11) is 0. The van der Waals surface area contributed by atoms with Crippen molar-refractivity contribution in [3.63, 3.8) is 0 Å². The van der Waals surface area contributed by atoms with Gasteiger partial charge in [-0.1, -0.05) is 38.1 Å². The number of rotatable bonds is 2. The van der Waals surface area contributed by atoms with Crippen LogP contribution >= 0.6 is 0 Å². The third-order valence-electron chi connectivity index (χ3n) is 4.24. The molecule has 2 unspecified atom stereocenters. The van der Waals surface area contributed by atoms with Gasteiger partial charge in [0.2, 0.25) is 0 Å². The first-order valence-corrected chi connectivity index (χ1v) is 6.20. The Bertz CT molecular complexity index is 560. The van der Waals surface area contributed by atoms with Crippen molar-refractivity contribution >= 4 is 10.9 Å². The average molecular weight is 226 g/mol. The number of nitrogens with two attached hydrogens (primary N) is 1. The topological polar surface area (TPSA) is 38.9 Å². The number of fused-ring (bicyclic) bond motifs is 1. The van der Waals surface area contributed by atoms with Gasteiger partial charge in [-0.2, -0.15) is 0 Å². The van der Waals surface area contributed by atoms with Gasteiger partial charge < -0.3 is 5.73 Å². The molecule has 88 valence electrons. The minimum Gasteiger partial charge on any atom is -0.330 e. The molecular formula is C15H18N2. The van der Waals surface area contributed by atoms with Crippen molar-refractivity contribution in [2.45, 2.75) is 19.8 Å². The summed E-state index contributed by atoms with van der Waals surface area (Å²) in [5.74, 6) is 1.10. The largest absolute Gasteiger partial charge is 0.330 e. The van der Waals surface area contributed by atoms with Gasteiger partial charge in [-0.25, -0.2) is 0 Å². The first-order valence-electron chi connectivity index (χ1n) is 6.20. The van der Waals surface area contributed by atoms with Crippen molar-refractivity contribution in [3.05, 3.63) is 42.1 Å². The number of pyridine rings is 1. The summed E-state index contributed by atoms with van der Waals surface area (Å²) < 4.78 is 0. The fraction of sp³-hybridized carbons (Fsp3) is 0.400. The predicted molar refractivity (Wildman–Crippen MR) is 70.8 cm³/mol. The van der Waals surface area contributed by atoms with Crippen LogP contribution in [0, 0.1) is 11.3 Å². The van der Waals surface area contributed by atoms with Gasteiger partial charge in [-0.15, -0.1) is 0 Å². The van der Waals surface area contributed by atoms with Gasteiger partial charge >= 0.3 is 0 Å². The molecule has 1 aliphatic carbocycles. The Balaban J connectivity index is 2.03. The number of nitrogens with zero attached hydrogens (tertiary/aromatic N) is 1. The second-order valence-corrected chi connectivity index (χ2v) is 5.57. The van der Waals surface area contributed by atoms with Crippen molar-refractivity contribution in [2.75, 3.05) is 6.54 Å². The Morgan fingerprint density at radius 2 is 1.94 bits per heavy atom. The predicted octanol–water partition coefficient (Wildman–Crippen LogP) is 2.93. The van der Waals surface area contributed by atoms with Gasteiger partial charge in [0, 0.05) is 17.0 Å². The van der Waals surface area contributed by atoms with Crippen LogP contribution in [0.5, 0.6) is 0 Å². The van der Waals surface area contributed by atoms with E-state index in [0.29, 0.717) is 17.3 Å². The molecule has 2 aromatic rings. The van der Waals surface area contributed by atoms with Crippen LogP contribution in [0.3, 0.4) is 0 Å². The highest BCUT2D eigenvalue weighted by molar-refractivity contribution is 5.78. The van der Waals surface area contributed by atoms with Gasteiger partial charge in [0.1, 0.15) is 0 Å². The number of hydrogen-bond donors (Lipinski definition) is 1. The molecule has 3 rings (SSSR count). The number of aromatic nitrogens is 1. The second kappa shape index (κ2) is 3.54. The van der Waals surface area contributed by atoms with Gasteiger partial charge in [-0.05, 0) is 30.0 Å². The Kier molecular flexibility index (Phi) is 2.23. The lowest BCUT2D eigenvalue weighted by atomic mass is 10.1. The van der Waals surface area contributed by atoms with Crippen LogP contribution in [0.2, 0.25) is 0 Å². The molecule has 1 aromatic carbocycles. The molecule has 0 saturated heterocycles. The molecule has 2 heteroatoms. The molecule has 0 spiro atoms. The maximum atomic E-state index is 5.82. The van der Waals surface area contributed by atoms with Crippen molar-refractivity contribution in [1.82, 2.24) is 4.98 Å². The summed E-state index contributed by atoms with van der Waals surface area (Å²) in [6.07, 6.45) is 0. The van der Waals surface area contributed by atoms with Gasteiger partial charge in [0.05, 0.1) is 5.52 Å². The number of para-hydroxylation sites is 1. The van der Waals surface area contributed by atoms with E-state index in [1.807, 2.05) is 12.1 Å². The molecule has 2 N–H and O–H groups in total. The number of hydrogen-bond acceptors (Lipinski definition) is 2. The third-order valence-corrected chi connectivity index (χ3v) is 4.24. The van der Waals surface area contributed by atoms with E-state index in [0.717, 1.165) is 12.1 Å². The van der Waals surface area contributed by atoms with E-state index >= 15 is 0 Å². The van der Waals surface area contributed by atoms with Crippen LogP contribution in [-0.4, -0.2) is 11.5 Å². The highest BCUT2D eigenvalue weighted by atomic mass is 14.8. The first-order chi connectivity index (χ1) is 8.14. The van der Waals surface area contributed by atoms with Crippen LogP contribution in [0.15, 0.2) is 36.4 Å². The molecule has 2 atom stereocenters. The minimum absolute atomic E-state index is 0.310. The van der Waals surface area contributed by atoms with Gasteiger partial charge in [0.15, 0.2) is 0 Å². The molecule has 0 aliphatic heterocycles. The van der Waals surface area contributed by atoms with Crippen molar-refractivity contribution < 1.29 is 0 Å². The quantitative estimate of drug-likeness (QED) is 0.855. The lowest BCUT2D eigenvalue weighted by molar-refractivity contribution is 0.557. The average Bonchev–Trinajstić information content (AvgIpc) is 2.90. The van der Waals surface area contributed by atoms with Crippen molar-refractivity contribution in [3.8, 4) is 0 Å². The van der Waals surface area contributed by atoms with E-state index in [-0.39, 0.29) is 0 Å². The van der Waals surface area contributed by atoms with E-state index in [4.69, 9.17) is 10.7 Å². The minimum atomic E-state index is 0.310. The maximum absolute atomic E-state index is 5.82. The Morgan fingerprint density at radius 1 is 1.18 bits per heavy atom. The molecule has 1 saturated carbocycles. The Morgan fingerprint density at radius 3 is 2.65 bits per heavy atom. The van der Waals surface area contributed by atoms with Crippen molar-refractivity contribution in [1.29, 1.82) is 0 Å². The van der Waals surface area contributed by atoms with Crippen LogP contribution in [0.1, 0.15) is 25.5 Å². The zero-order valence-electron chi connectivity index (χ0n) is 10.4. The van der Waals surface area contributed by atoms with Crippen LogP contribution in [0.25, 0.3) is 10.9 Å². The molecule has 0 amide bonds. The molecule has 1 fully saturated rings. The standard InChI is InChI=1S/C15H18N2/c1-15(2)11(9-16)14(15)13-8-7-10-5-3-4-6-12(10)17-13/h3-8,11,14H,9,16H2,1-2H3. The fourth-order valence-electron chi connectivity index (χ4n) is 3.03. The molecule has 2 nitrogen and oxygen atoms in total. The Labute approximate surface area is 102 Å². The van der Waals surface area contributed by atoms with E-state index in [9.17, 15) is 0 Å². The van der Waals surface area contributed by atoms with Crippen molar-refractivity contribution in [2.24, 2.45) is 17.1 Å². The molecule has 1 heterocycles. The summed E-state index contributed by atoms with van der Waals surface area (Å²) in [6.45, 7) is 5.32. The second-order valence-electron chi connectivity index (χ2n) is 5.57. The van der Waals surface area contributed by atoms with Gasteiger partial charge in [0.25, 0.3) is 0 Å². The smallest absolute Gasteiger partial charge is 0.0705 e. The molecular weight excluding hydrogens is 208 g/mol. The lowest BCUT2D eigenvalue weighted by Gasteiger charge is -2.04. The van der Waals surface area contributed by atoms with Crippen LogP contribution in [-0.2, 0) is 0 Å². The SMILES string of the molecule is CC1(C)C(CN)C1c1ccc2ccccc2n1. The summed E-state index contributed by atoms with van der Waals surface area (Å²) in [6, 6.07) is 12.6. The summed E-state index contributed by atoms with van der Waals surface area (Å²) in [5, 5.41) is 1.21. The third kappa shape index (κ3) is 1.55. The van der Waals surface area contributed by atoms with E-state index < -0.39 is 0 Å². The summed E-state index contributed by atoms with van der Waals surface area (Å²) >= 11 is 0. The zero-order valence-corrected chi connectivity index (χ0v) is 10.4. The Hall–Kier alpha value is -1.41. The highest BCUT2D eigenvalue weighted by Crippen LogP contribution is 2.63. The molecule has 0 bridgehead atoms. The number of benzene rings is 1. The van der Waals surface area contributed by atoms with E-state index in [2.05, 4.69) is 38.1 Å². The first kappa shape index (κ1) is 10.7. The summed E-state index contributed by atoms with van der Waals surface area (Å²) in [4.78, 5) is 4.78. The molecule has 1 aliphatic rings. The fourth-order valence-corrected chi connectivity index (χ4v) is 3.03. The maximum Gasteiger partial charge on any atom is 0.0705 e. The van der Waals surface area contributed by atoms with Gasteiger partial charge in [-0.3, -0.25) is 4.98 Å². The summed E-state index contributed by atoms with van der Waals surface area (Å²) in [5.41, 5.74) is 8.42. The molecule has 1 aromatic heterocycles. The van der Waals surface area contributed by atoms with E-state index in [1.54, 1.807) is 0 Å².